The molecular formula is C14H11BrF2N2O2. The third-order valence-electron chi connectivity index (χ3n) is 2.94. The van der Waals surface area contributed by atoms with Gasteiger partial charge in [0.05, 0.1) is 11.0 Å². The molecule has 1 unspecified atom stereocenters. The molecule has 2 rings (SSSR count). The van der Waals surface area contributed by atoms with Crippen LogP contribution in [0, 0.1) is 21.7 Å². The van der Waals surface area contributed by atoms with E-state index in [1.54, 1.807) is 19.1 Å². The van der Waals surface area contributed by atoms with Gasteiger partial charge in [-0.25, -0.2) is 8.78 Å². The van der Waals surface area contributed by atoms with Crippen LogP contribution in [-0.4, -0.2) is 4.92 Å². The predicted molar refractivity (Wildman–Crippen MR) is 79.2 cm³/mol. The molecule has 0 aliphatic rings. The predicted octanol–water partition coefficient (Wildman–Crippen LogP) is 4.81. The van der Waals surface area contributed by atoms with Crippen molar-refractivity contribution < 1.29 is 13.7 Å². The lowest BCUT2D eigenvalue weighted by Crippen LogP contribution is -2.10. The summed E-state index contributed by atoms with van der Waals surface area (Å²) in [6.07, 6.45) is 0. The zero-order chi connectivity index (χ0) is 15.6. The van der Waals surface area contributed by atoms with Crippen LogP contribution in [0.3, 0.4) is 0 Å². The fraction of sp³-hybridized carbons (Fsp3) is 0.143. The lowest BCUT2D eigenvalue weighted by molar-refractivity contribution is -0.384. The van der Waals surface area contributed by atoms with Crippen molar-refractivity contribution in [1.29, 1.82) is 0 Å². The van der Waals surface area contributed by atoms with Gasteiger partial charge in [0.15, 0.2) is 5.82 Å². The average Bonchev–Trinajstić information content (AvgIpc) is 2.41. The average molecular weight is 357 g/mol. The third kappa shape index (κ3) is 3.55. The molecule has 0 amide bonds. The van der Waals surface area contributed by atoms with Gasteiger partial charge in [-0.2, -0.15) is 0 Å². The Balaban J connectivity index is 2.37. The van der Waals surface area contributed by atoms with Gasteiger partial charge in [0.25, 0.3) is 5.69 Å². The minimum Gasteiger partial charge on any atom is -0.371 e. The monoisotopic (exact) mass is 356 g/mol. The number of nitrogens with zero attached hydrogens (tertiary/aromatic N) is 1. The summed E-state index contributed by atoms with van der Waals surface area (Å²) in [5.41, 5.74) is -0.148. The summed E-state index contributed by atoms with van der Waals surface area (Å²) in [5, 5.41) is 13.6. The molecule has 1 atom stereocenters. The maximum absolute atomic E-state index is 13.8. The summed E-state index contributed by atoms with van der Waals surface area (Å²) in [6.45, 7) is 1.73. The fourth-order valence-corrected chi connectivity index (χ4v) is 2.34. The van der Waals surface area contributed by atoms with E-state index < -0.39 is 22.2 Å². The summed E-state index contributed by atoms with van der Waals surface area (Å²) in [7, 11) is 0. The fourth-order valence-electron chi connectivity index (χ4n) is 1.92. The summed E-state index contributed by atoms with van der Waals surface area (Å²) < 4.78 is 27.7. The van der Waals surface area contributed by atoms with Gasteiger partial charge >= 0.3 is 0 Å². The van der Waals surface area contributed by atoms with Gasteiger partial charge in [0.1, 0.15) is 11.5 Å². The van der Waals surface area contributed by atoms with Crippen LogP contribution in [0.2, 0.25) is 0 Å². The van der Waals surface area contributed by atoms with Crippen LogP contribution in [0.25, 0.3) is 0 Å². The van der Waals surface area contributed by atoms with Gasteiger partial charge in [-0.05, 0) is 24.6 Å². The van der Waals surface area contributed by atoms with Crippen LogP contribution in [0.5, 0.6) is 0 Å². The largest absolute Gasteiger partial charge is 0.371 e. The molecular weight excluding hydrogens is 346 g/mol. The third-order valence-corrected chi connectivity index (χ3v) is 3.43. The minimum absolute atomic E-state index is 0.325. The smallest absolute Gasteiger partial charge is 0.298 e. The number of hydrogen-bond acceptors (Lipinski definition) is 3. The van der Waals surface area contributed by atoms with E-state index >= 15 is 0 Å². The van der Waals surface area contributed by atoms with Crippen molar-refractivity contribution in [2.24, 2.45) is 0 Å². The number of halogens is 3. The molecule has 110 valence electrons. The van der Waals surface area contributed by atoms with Crippen molar-refractivity contribution in [3.05, 3.63) is 68.2 Å². The van der Waals surface area contributed by atoms with Gasteiger partial charge in [0.2, 0.25) is 0 Å². The zero-order valence-electron chi connectivity index (χ0n) is 10.9. The quantitative estimate of drug-likeness (QED) is 0.631. The molecule has 0 saturated carbocycles. The first-order valence-corrected chi connectivity index (χ1v) is 6.83. The van der Waals surface area contributed by atoms with Gasteiger partial charge in [-0.15, -0.1) is 0 Å². The first-order chi connectivity index (χ1) is 9.88. The number of nitrogens with one attached hydrogen (secondary N) is 1. The van der Waals surface area contributed by atoms with Crippen molar-refractivity contribution in [3.63, 3.8) is 0 Å². The molecule has 0 aromatic heterocycles. The Morgan fingerprint density at radius 3 is 2.62 bits per heavy atom. The second-order valence-corrected chi connectivity index (χ2v) is 5.38. The highest BCUT2D eigenvalue weighted by Crippen LogP contribution is 2.32. The van der Waals surface area contributed by atoms with E-state index in [4.69, 9.17) is 0 Å². The lowest BCUT2D eigenvalue weighted by atomic mass is 10.1. The van der Waals surface area contributed by atoms with Gasteiger partial charge in [-0.1, -0.05) is 28.1 Å². The van der Waals surface area contributed by atoms with Crippen LogP contribution in [0.4, 0.5) is 20.2 Å². The first kappa shape index (κ1) is 15.4. The van der Waals surface area contributed by atoms with E-state index in [1.807, 2.05) is 12.1 Å². The summed E-state index contributed by atoms with van der Waals surface area (Å²) in [4.78, 5) is 10.1. The number of nitro groups is 1. The van der Waals surface area contributed by atoms with E-state index in [9.17, 15) is 18.9 Å². The number of rotatable bonds is 4. The first-order valence-electron chi connectivity index (χ1n) is 6.04. The highest BCUT2D eigenvalue weighted by molar-refractivity contribution is 9.10. The summed E-state index contributed by atoms with van der Waals surface area (Å²) in [5.74, 6) is -1.98. The van der Waals surface area contributed by atoms with E-state index in [-0.39, 0.29) is 11.7 Å². The number of benzene rings is 2. The molecule has 4 nitrogen and oxygen atoms in total. The van der Waals surface area contributed by atoms with E-state index in [1.165, 1.54) is 0 Å². The Morgan fingerprint density at radius 2 is 2.00 bits per heavy atom. The molecule has 0 radical (unpaired) electrons. The molecule has 2 aromatic rings. The normalized spacial score (nSPS) is 12.0. The van der Waals surface area contributed by atoms with Crippen LogP contribution in [-0.2, 0) is 0 Å². The molecule has 2 aromatic carbocycles. The molecule has 0 aliphatic heterocycles. The molecule has 0 saturated heterocycles. The van der Waals surface area contributed by atoms with Crippen LogP contribution in [0.1, 0.15) is 18.5 Å². The number of hydrogen-bond donors (Lipinski definition) is 1. The maximum atomic E-state index is 13.8. The number of nitro benzene ring substituents is 1. The maximum Gasteiger partial charge on any atom is 0.298 e. The SMILES string of the molecule is CC(Nc1c(F)cc(F)cc1[N+](=O)[O-])c1cccc(Br)c1. The topological polar surface area (TPSA) is 55.2 Å². The van der Waals surface area contributed by atoms with Crippen LogP contribution < -0.4 is 5.32 Å². The molecule has 0 spiro atoms. The molecule has 0 bridgehead atoms. The molecule has 0 fully saturated rings. The second-order valence-electron chi connectivity index (χ2n) is 4.46. The Morgan fingerprint density at radius 1 is 1.29 bits per heavy atom. The zero-order valence-corrected chi connectivity index (χ0v) is 12.5. The van der Waals surface area contributed by atoms with Crippen molar-refractivity contribution >= 4 is 27.3 Å². The Hall–Kier alpha value is -2.02. The number of anilines is 1. The van der Waals surface area contributed by atoms with Crippen molar-refractivity contribution in [1.82, 2.24) is 0 Å². The Labute approximate surface area is 128 Å². The molecule has 7 heteroatoms. The molecule has 0 aliphatic carbocycles. The van der Waals surface area contributed by atoms with Crippen LogP contribution >= 0.6 is 15.9 Å². The highest BCUT2D eigenvalue weighted by atomic mass is 79.9. The van der Waals surface area contributed by atoms with Gasteiger partial charge < -0.3 is 5.32 Å². The van der Waals surface area contributed by atoms with Crippen molar-refractivity contribution in [2.75, 3.05) is 5.32 Å². The minimum atomic E-state index is -0.997. The van der Waals surface area contributed by atoms with E-state index in [0.29, 0.717) is 12.1 Å². The molecule has 1 N–H and O–H groups in total. The Bertz CT molecular complexity index is 695. The van der Waals surface area contributed by atoms with Crippen molar-refractivity contribution in [2.45, 2.75) is 13.0 Å². The lowest BCUT2D eigenvalue weighted by Gasteiger charge is -2.16. The summed E-state index contributed by atoms with van der Waals surface area (Å²) in [6, 6.07) is 8.16. The second kappa shape index (κ2) is 6.17. The standard InChI is InChI=1S/C14H11BrF2N2O2/c1-8(9-3-2-4-10(15)5-9)18-14-12(17)6-11(16)7-13(14)19(20)21/h2-8,18H,1H3. The van der Waals surface area contributed by atoms with E-state index in [0.717, 1.165) is 10.0 Å². The van der Waals surface area contributed by atoms with Gasteiger partial charge in [0, 0.05) is 16.6 Å². The molecule has 0 heterocycles. The Kier molecular flexibility index (Phi) is 4.52. The highest BCUT2D eigenvalue weighted by Gasteiger charge is 2.22. The van der Waals surface area contributed by atoms with Gasteiger partial charge in [-0.3, -0.25) is 10.1 Å². The summed E-state index contributed by atoms with van der Waals surface area (Å²) >= 11 is 3.32. The van der Waals surface area contributed by atoms with Crippen LogP contribution in [0.15, 0.2) is 40.9 Å². The van der Waals surface area contributed by atoms with Crippen molar-refractivity contribution in [3.8, 4) is 0 Å². The van der Waals surface area contributed by atoms with E-state index in [2.05, 4.69) is 21.2 Å². The molecule has 21 heavy (non-hydrogen) atoms.